The summed E-state index contributed by atoms with van der Waals surface area (Å²) in [6, 6.07) is 17.9. The van der Waals surface area contributed by atoms with Crippen molar-refractivity contribution in [3.05, 3.63) is 89.0 Å². The summed E-state index contributed by atoms with van der Waals surface area (Å²) < 4.78 is 5.78. The lowest BCUT2D eigenvalue weighted by molar-refractivity contribution is 0.0977. The van der Waals surface area contributed by atoms with Crippen molar-refractivity contribution in [1.82, 2.24) is 0 Å². The molecule has 0 amide bonds. The van der Waals surface area contributed by atoms with Crippen LogP contribution in [0.15, 0.2) is 66.7 Å². The Morgan fingerprint density at radius 2 is 1.29 bits per heavy atom. The number of hydrogen-bond acceptors (Lipinski definition) is 4. The number of carbonyl (C=O) groups is 2. The molecule has 4 heteroatoms. The molecule has 0 spiro atoms. The maximum atomic E-state index is 12.8. The number of ketones is 2. The predicted octanol–water partition coefficient (Wildman–Crippen LogP) is 3.96. The molecule has 3 aromatic rings. The monoisotopic (exact) mass is 316 g/mol. The summed E-state index contributed by atoms with van der Waals surface area (Å²) >= 11 is 0. The van der Waals surface area contributed by atoms with Crippen LogP contribution in [0.3, 0.4) is 0 Å². The normalized spacial score (nSPS) is 12.5. The zero-order chi connectivity index (χ0) is 16.7. The second kappa shape index (κ2) is 5.35. The molecule has 4 rings (SSSR count). The van der Waals surface area contributed by atoms with Crippen molar-refractivity contribution < 1.29 is 19.4 Å². The molecule has 24 heavy (non-hydrogen) atoms. The van der Waals surface area contributed by atoms with Gasteiger partial charge in [0.25, 0.3) is 0 Å². The first-order valence-electron chi connectivity index (χ1n) is 7.43. The third-order valence-electron chi connectivity index (χ3n) is 3.98. The van der Waals surface area contributed by atoms with E-state index in [1.807, 2.05) is 0 Å². The maximum Gasteiger partial charge on any atom is 0.198 e. The van der Waals surface area contributed by atoms with E-state index in [0.717, 1.165) is 0 Å². The Morgan fingerprint density at radius 3 is 2.00 bits per heavy atom. The number of carbonyl (C=O) groups excluding carboxylic acids is 2. The number of benzene rings is 3. The third-order valence-corrected chi connectivity index (χ3v) is 3.98. The average Bonchev–Trinajstić information content (AvgIpc) is 2.61. The smallest absolute Gasteiger partial charge is 0.198 e. The number of phenols is 1. The Balaban J connectivity index is 1.83. The highest BCUT2D eigenvalue weighted by Crippen LogP contribution is 2.35. The molecule has 1 aliphatic carbocycles. The first-order chi connectivity index (χ1) is 11.6. The maximum absolute atomic E-state index is 12.8. The van der Waals surface area contributed by atoms with Crippen molar-refractivity contribution in [3.63, 3.8) is 0 Å². The summed E-state index contributed by atoms with van der Waals surface area (Å²) in [5.41, 5.74) is 1.41. The minimum Gasteiger partial charge on any atom is -0.508 e. The minimum absolute atomic E-state index is 0.123. The standard InChI is InChI=1S/C20H12O4/c21-12-8-10-13(11-9-12)24-17-7-3-6-16-18(17)20(23)15-5-2-1-4-14(15)19(16)22/h1-11,21H. The molecule has 1 N–H and O–H groups in total. The Labute approximate surface area is 138 Å². The van der Waals surface area contributed by atoms with Crippen LogP contribution in [-0.2, 0) is 0 Å². The fraction of sp³-hybridized carbons (Fsp3) is 0. The number of rotatable bonds is 2. The van der Waals surface area contributed by atoms with Crippen molar-refractivity contribution in [2.24, 2.45) is 0 Å². The van der Waals surface area contributed by atoms with E-state index in [1.54, 1.807) is 54.6 Å². The molecule has 0 fully saturated rings. The highest BCUT2D eigenvalue weighted by Gasteiger charge is 2.32. The molecule has 0 aliphatic heterocycles. The van der Waals surface area contributed by atoms with E-state index in [-0.39, 0.29) is 22.9 Å². The van der Waals surface area contributed by atoms with Gasteiger partial charge in [0, 0.05) is 16.7 Å². The molecule has 0 saturated heterocycles. The topological polar surface area (TPSA) is 63.6 Å². The molecule has 0 radical (unpaired) electrons. The second-order valence-corrected chi connectivity index (χ2v) is 5.48. The molecule has 4 nitrogen and oxygen atoms in total. The van der Waals surface area contributed by atoms with E-state index in [0.29, 0.717) is 28.2 Å². The lowest BCUT2D eigenvalue weighted by atomic mass is 9.83. The Morgan fingerprint density at radius 1 is 0.667 bits per heavy atom. The van der Waals surface area contributed by atoms with Crippen LogP contribution in [0.4, 0.5) is 0 Å². The fourth-order valence-corrected chi connectivity index (χ4v) is 2.84. The summed E-state index contributed by atoms with van der Waals surface area (Å²) in [6.45, 7) is 0. The van der Waals surface area contributed by atoms with Gasteiger partial charge < -0.3 is 9.84 Å². The highest BCUT2D eigenvalue weighted by atomic mass is 16.5. The summed E-state index contributed by atoms with van der Waals surface area (Å²) in [4.78, 5) is 25.5. The van der Waals surface area contributed by atoms with Crippen LogP contribution in [0.25, 0.3) is 0 Å². The number of phenolic OH excluding ortho intramolecular Hbond substituents is 1. The van der Waals surface area contributed by atoms with Gasteiger partial charge in [-0.05, 0) is 30.3 Å². The zero-order valence-electron chi connectivity index (χ0n) is 12.5. The average molecular weight is 316 g/mol. The van der Waals surface area contributed by atoms with E-state index >= 15 is 0 Å². The molecule has 0 unspecified atom stereocenters. The summed E-state index contributed by atoms with van der Waals surface area (Å²) in [6.07, 6.45) is 0. The van der Waals surface area contributed by atoms with Gasteiger partial charge in [0.05, 0.1) is 5.56 Å². The first-order valence-corrected chi connectivity index (χ1v) is 7.43. The van der Waals surface area contributed by atoms with Gasteiger partial charge >= 0.3 is 0 Å². The number of ether oxygens (including phenoxy) is 1. The van der Waals surface area contributed by atoms with Crippen LogP contribution in [-0.4, -0.2) is 16.7 Å². The molecule has 0 saturated carbocycles. The summed E-state index contributed by atoms with van der Waals surface area (Å²) in [5.74, 6) is 0.509. The Kier molecular flexibility index (Phi) is 3.17. The van der Waals surface area contributed by atoms with Crippen LogP contribution in [0.1, 0.15) is 31.8 Å². The van der Waals surface area contributed by atoms with E-state index in [4.69, 9.17) is 4.74 Å². The van der Waals surface area contributed by atoms with Crippen molar-refractivity contribution in [3.8, 4) is 17.2 Å². The number of aromatic hydroxyl groups is 1. The molecular formula is C20H12O4. The van der Waals surface area contributed by atoms with Gasteiger partial charge in [-0.1, -0.05) is 36.4 Å². The minimum atomic E-state index is -0.227. The quantitative estimate of drug-likeness (QED) is 0.608. The van der Waals surface area contributed by atoms with E-state index in [1.165, 1.54) is 12.1 Å². The molecular weight excluding hydrogens is 304 g/mol. The highest BCUT2D eigenvalue weighted by molar-refractivity contribution is 6.29. The number of hydrogen-bond donors (Lipinski definition) is 1. The molecule has 1 aliphatic rings. The Bertz CT molecular complexity index is 971. The van der Waals surface area contributed by atoms with Crippen molar-refractivity contribution in [2.75, 3.05) is 0 Å². The van der Waals surface area contributed by atoms with Crippen LogP contribution in [0.5, 0.6) is 17.2 Å². The van der Waals surface area contributed by atoms with E-state index in [2.05, 4.69) is 0 Å². The molecule has 3 aromatic carbocycles. The van der Waals surface area contributed by atoms with Gasteiger partial charge in [0.2, 0.25) is 0 Å². The van der Waals surface area contributed by atoms with Crippen molar-refractivity contribution in [1.29, 1.82) is 0 Å². The summed E-state index contributed by atoms with van der Waals surface area (Å²) in [5, 5.41) is 9.35. The van der Waals surface area contributed by atoms with Crippen LogP contribution in [0.2, 0.25) is 0 Å². The largest absolute Gasteiger partial charge is 0.508 e. The van der Waals surface area contributed by atoms with Gasteiger partial charge in [0.1, 0.15) is 17.2 Å². The van der Waals surface area contributed by atoms with Gasteiger partial charge in [-0.15, -0.1) is 0 Å². The lowest BCUT2D eigenvalue weighted by Crippen LogP contribution is -2.21. The van der Waals surface area contributed by atoms with Gasteiger partial charge in [-0.25, -0.2) is 0 Å². The lowest BCUT2D eigenvalue weighted by Gasteiger charge is -2.20. The molecule has 0 bridgehead atoms. The van der Waals surface area contributed by atoms with Gasteiger partial charge in [-0.2, -0.15) is 0 Å². The van der Waals surface area contributed by atoms with E-state index in [9.17, 15) is 14.7 Å². The molecule has 116 valence electrons. The zero-order valence-corrected chi connectivity index (χ0v) is 12.5. The first kappa shape index (κ1) is 14.2. The summed E-state index contributed by atoms with van der Waals surface area (Å²) in [7, 11) is 0. The number of fused-ring (bicyclic) bond motifs is 2. The van der Waals surface area contributed by atoms with Gasteiger partial charge in [-0.3, -0.25) is 9.59 Å². The van der Waals surface area contributed by atoms with Crippen molar-refractivity contribution in [2.45, 2.75) is 0 Å². The van der Waals surface area contributed by atoms with E-state index < -0.39 is 0 Å². The third kappa shape index (κ3) is 2.16. The fourth-order valence-electron chi connectivity index (χ4n) is 2.84. The molecule has 0 aromatic heterocycles. The van der Waals surface area contributed by atoms with Crippen LogP contribution < -0.4 is 4.74 Å². The predicted molar refractivity (Wildman–Crippen MR) is 87.9 cm³/mol. The molecule has 0 atom stereocenters. The van der Waals surface area contributed by atoms with Crippen LogP contribution >= 0.6 is 0 Å². The molecule has 0 heterocycles. The van der Waals surface area contributed by atoms with Gasteiger partial charge in [0.15, 0.2) is 11.6 Å². The van der Waals surface area contributed by atoms with Crippen molar-refractivity contribution >= 4 is 11.6 Å². The van der Waals surface area contributed by atoms with Crippen LogP contribution in [0, 0.1) is 0 Å². The Hall–Kier alpha value is -3.40. The second-order valence-electron chi connectivity index (χ2n) is 5.48. The SMILES string of the molecule is O=C1c2ccccc2C(=O)c2c(Oc3ccc(O)cc3)cccc21.